The standard InChI is InChI=1S/C28H46N4O10/c1-16(2)14-32(12-11-31(5)6)28(39)40-15-18-7-8-20(19(13-18)30-21(33)9-10-29-17(3)4)41-27-24(36)22(34)23(35)25(42-27)26(37)38/h7-8,13,16-17,22-25,27,29,34-36H,9-12,14-15H2,1-6H3,(H,30,33)(H,37,38)/t22-,23-,24+,25-,27+/m0/s1. The molecule has 238 valence electrons. The number of carboxylic acid groups (broad SMARTS) is 1. The summed E-state index contributed by atoms with van der Waals surface area (Å²) in [6, 6.07) is 4.71. The molecule has 0 saturated carbocycles. The Labute approximate surface area is 246 Å². The first-order chi connectivity index (χ1) is 19.7. The summed E-state index contributed by atoms with van der Waals surface area (Å²) < 4.78 is 16.5. The molecule has 1 aliphatic rings. The van der Waals surface area contributed by atoms with Crippen molar-refractivity contribution in [3.8, 4) is 5.75 Å². The van der Waals surface area contributed by atoms with E-state index in [1.165, 1.54) is 12.1 Å². The number of anilines is 1. The number of benzene rings is 1. The van der Waals surface area contributed by atoms with E-state index < -0.39 is 42.8 Å². The zero-order valence-corrected chi connectivity index (χ0v) is 25.1. The number of carbonyl (C=O) groups is 3. The maximum atomic E-state index is 12.9. The zero-order chi connectivity index (χ0) is 31.6. The lowest BCUT2D eigenvalue weighted by Gasteiger charge is -2.38. The molecule has 1 aromatic carbocycles. The molecular weight excluding hydrogens is 552 g/mol. The van der Waals surface area contributed by atoms with Gasteiger partial charge in [0.25, 0.3) is 0 Å². The van der Waals surface area contributed by atoms with Crippen LogP contribution in [0.15, 0.2) is 18.2 Å². The highest BCUT2D eigenvalue weighted by atomic mass is 16.7. The normalized spacial score (nSPS) is 22.3. The van der Waals surface area contributed by atoms with Crippen molar-refractivity contribution in [3.05, 3.63) is 23.8 Å². The molecule has 1 heterocycles. The molecule has 2 rings (SSSR count). The van der Waals surface area contributed by atoms with E-state index in [1.807, 2.05) is 46.7 Å². The highest BCUT2D eigenvalue weighted by Gasteiger charge is 2.48. The van der Waals surface area contributed by atoms with Crippen molar-refractivity contribution in [3.63, 3.8) is 0 Å². The lowest BCUT2D eigenvalue weighted by molar-refractivity contribution is -0.271. The second-order valence-corrected chi connectivity index (χ2v) is 11.3. The molecule has 0 aromatic heterocycles. The van der Waals surface area contributed by atoms with Crippen LogP contribution in [0.25, 0.3) is 0 Å². The van der Waals surface area contributed by atoms with E-state index in [0.29, 0.717) is 31.7 Å². The molecule has 14 heteroatoms. The Hall–Kier alpha value is -3.01. The fourth-order valence-electron chi connectivity index (χ4n) is 4.08. The molecule has 6 N–H and O–H groups in total. The van der Waals surface area contributed by atoms with Gasteiger partial charge in [-0.05, 0) is 37.7 Å². The van der Waals surface area contributed by atoms with Gasteiger partial charge in [-0.3, -0.25) is 4.79 Å². The van der Waals surface area contributed by atoms with Crippen molar-refractivity contribution in [2.24, 2.45) is 5.92 Å². The van der Waals surface area contributed by atoms with Crippen molar-refractivity contribution in [1.29, 1.82) is 0 Å². The topological polar surface area (TPSA) is 190 Å². The van der Waals surface area contributed by atoms with Crippen molar-refractivity contribution < 1.29 is 49.0 Å². The van der Waals surface area contributed by atoms with E-state index in [4.69, 9.17) is 14.2 Å². The first-order valence-corrected chi connectivity index (χ1v) is 14.0. The lowest BCUT2D eigenvalue weighted by atomic mass is 9.99. The number of likely N-dealkylation sites (N-methyl/N-ethyl adjacent to an activating group) is 1. The van der Waals surface area contributed by atoms with Gasteiger partial charge in [-0.2, -0.15) is 0 Å². The number of nitrogens with one attached hydrogen (secondary N) is 2. The second kappa shape index (κ2) is 16.6. The Balaban J connectivity index is 2.24. The third kappa shape index (κ3) is 11.0. The summed E-state index contributed by atoms with van der Waals surface area (Å²) in [5.41, 5.74) is 0.667. The second-order valence-electron chi connectivity index (χ2n) is 11.3. The van der Waals surface area contributed by atoms with Crippen LogP contribution in [0.1, 0.15) is 39.7 Å². The number of nitrogens with zero attached hydrogens (tertiary/aromatic N) is 2. The van der Waals surface area contributed by atoms with E-state index in [0.717, 1.165) is 0 Å². The molecule has 42 heavy (non-hydrogen) atoms. The fourth-order valence-corrected chi connectivity index (χ4v) is 4.08. The van der Waals surface area contributed by atoms with Gasteiger partial charge in [0.05, 0.1) is 5.69 Å². The summed E-state index contributed by atoms with van der Waals surface area (Å²) in [5.74, 6) is -1.68. The van der Waals surface area contributed by atoms with Gasteiger partial charge in [0.2, 0.25) is 12.2 Å². The predicted octanol–water partition coefficient (Wildman–Crippen LogP) is 0.440. The molecule has 1 aliphatic heterocycles. The smallest absolute Gasteiger partial charge is 0.410 e. The summed E-state index contributed by atoms with van der Waals surface area (Å²) in [6.07, 6.45) is -9.41. The Morgan fingerprint density at radius 2 is 1.71 bits per heavy atom. The number of hydrogen-bond donors (Lipinski definition) is 6. The number of aliphatic hydroxyl groups excluding tert-OH is 3. The number of ether oxygens (including phenoxy) is 3. The number of carboxylic acids is 1. The maximum absolute atomic E-state index is 12.9. The van der Waals surface area contributed by atoms with E-state index in [9.17, 15) is 34.8 Å². The number of rotatable bonds is 15. The third-order valence-electron chi connectivity index (χ3n) is 6.30. The predicted molar refractivity (Wildman–Crippen MR) is 153 cm³/mol. The average molecular weight is 599 g/mol. The Morgan fingerprint density at radius 3 is 2.31 bits per heavy atom. The van der Waals surface area contributed by atoms with Gasteiger partial charge >= 0.3 is 12.1 Å². The largest absolute Gasteiger partial charge is 0.479 e. The van der Waals surface area contributed by atoms with Gasteiger partial charge in [-0.1, -0.05) is 33.8 Å². The van der Waals surface area contributed by atoms with Crippen LogP contribution in [0.2, 0.25) is 0 Å². The first-order valence-electron chi connectivity index (χ1n) is 14.0. The minimum atomic E-state index is -1.88. The van der Waals surface area contributed by atoms with Crippen LogP contribution in [-0.2, 0) is 25.7 Å². The van der Waals surface area contributed by atoms with Crippen LogP contribution in [0, 0.1) is 5.92 Å². The van der Waals surface area contributed by atoms with Crippen molar-refractivity contribution in [1.82, 2.24) is 15.1 Å². The van der Waals surface area contributed by atoms with E-state index in [-0.39, 0.29) is 42.3 Å². The average Bonchev–Trinajstić information content (AvgIpc) is 2.90. The molecule has 1 aromatic rings. The number of aliphatic hydroxyl groups is 3. The number of amides is 2. The Bertz CT molecular complexity index is 1040. The van der Waals surface area contributed by atoms with Crippen LogP contribution in [0.3, 0.4) is 0 Å². The van der Waals surface area contributed by atoms with Gasteiger partial charge in [-0.15, -0.1) is 0 Å². The lowest BCUT2D eigenvalue weighted by Crippen LogP contribution is -2.61. The monoisotopic (exact) mass is 598 g/mol. The number of aliphatic carboxylic acids is 1. The summed E-state index contributed by atoms with van der Waals surface area (Å²) in [4.78, 5) is 40.6. The minimum Gasteiger partial charge on any atom is -0.479 e. The summed E-state index contributed by atoms with van der Waals surface area (Å²) >= 11 is 0. The fraction of sp³-hybridized carbons (Fsp3) is 0.679. The van der Waals surface area contributed by atoms with E-state index in [1.54, 1.807) is 11.0 Å². The van der Waals surface area contributed by atoms with Gasteiger partial charge in [0, 0.05) is 38.6 Å². The molecule has 14 nitrogen and oxygen atoms in total. The zero-order valence-electron chi connectivity index (χ0n) is 25.1. The molecule has 2 amide bonds. The highest BCUT2D eigenvalue weighted by molar-refractivity contribution is 5.92. The minimum absolute atomic E-state index is 0.000517. The molecule has 0 bridgehead atoms. The van der Waals surface area contributed by atoms with Crippen molar-refractivity contribution >= 4 is 23.7 Å². The summed E-state index contributed by atoms with van der Waals surface area (Å²) in [6.45, 7) is 9.88. The first kappa shape index (κ1) is 35.2. The van der Waals surface area contributed by atoms with Crippen LogP contribution in [0.4, 0.5) is 10.5 Å². The molecular formula is C28H46N4O10. The van der Waals surface area contributed by atoms with Crippen molar-refractivity contribution in [2.45, 2.75) is 77.5 Å². The maximum Gasteiger partial charge on any atom is 0.410 e. The van der Waals surface area contributed by atoms with Crippen molar-refractivity contribution in [2.75, 3.05) is 45.6 Å². The van der Waals surface area contributed by atoms with Gasteiger partial charge < -0.3 is 55.1 Å². The molecule has 0 unspecified atom stereocenters. The van der Waals surface area contributed by atoms with Gasteiger partial charge in [0.1, 0.15) is 30.7 Å². The van der Waals surface area contributed by atoms with Gasteiger partial charge in [0.15, 0.2) is 6.10 Å². The van der Waals surface area contributed by atoms with Gasteiger partial charge in [-0.25, -0.2) is 9.59 Å². The molecule has 0 radical (unpaired) electrons. The van der Waals surface area contributed by atoms with Crippen LogP contribution in [-0.4, -0.2) is 125 Å². The molecule has 0 aliphatic carbocycles. The third-order valence-corrected chi connectivity index (χ3v) is 6.30. The summed E-state index contributed by atoms with van der Waals surface area (Å²) in [7, 11) is 3.83. The van der Waals surface area contributed by atoms with Crippen LogP contribution in [0.5, 0.6) is 5.75 Å². The summed E-state index contributed by atoms with van der Waals surface area (Å²) in [5, 5.41) is 45.7. The van der Waals surface area contributed by atoms with E-state index >= 15 is 0 Å². The van der Waals surface area contributed by atoms with E-state index in [2.05, 4.69) is 10.6 Å². The number of hydrogen-bond acceptors (Lipinski definition) is 11. The Morgan fingerprint density at radius 1 is 1.02 bits per heavy atom. The molecule has 0 spiro atoms. The van der Waals surface area contributed by atoms with Crippen LogP contribution < -0.4 is 15.4 Å². The molecule has 1 fully saturated rings. The quantitative estimate of drug-likeness (QED) is 0.164. The molecule has 1 saturated heterocycles. The SMILES string of the molecule is CC(C)CN(CCN(C)C)C(=O)OCc1ccc(O[C@@H]2O[C@H](C(=O)O)[C@@H](O)[C@H](O)[C@H]2O)c(NC(=O)CCNC(C)C)c1. The number of carbonyl (C=O) groups excluding carboxylic acids is 2. The Kier molecular flexibility index (Phi) is 13.9. The van der Waals surface area contributed by atoms with Crippen LogP contribution >= 0.6 is 0 Å². The molecule has 5 atom stereocenters. The highest BCUT2D eigenvalue weighted by Crippen LogP contribution is 2.31.